The molecule has 0 aliphatic heterocycles. The molecule has 28 valence electrons. The van der Waals surface area contributed by atoms with Crippen molar-refractivity contribution in [1.29, 1.82) is 0 Å². The largest absolute Gasteiger partial charge is 0.503 e. The van der Waals surface area contributed by atoms with Crippen LogP contribution in [0.1, 0.15) is 0 Å². The van der Waals surface area contributed by atoms with E-state index in [2.05, 4.69) is 0 Å². The SMILES string of the molecule is [KH].[O-][I+2]([O-])O. The zero-order valence-corrected chi connectivity index (χ0v) is 3.80. The Bertz CT molecular complexity index is 11.6. The predicted molar refractivity (Wildman–Crippen MR) is 9.37 cm³/mol. The Labute approximate surface area is 80.8 Å². The Hall–Kier alpha value is 2.25. The molecule has 0 aromatic carbocycles. The van der Waals surface area contributed by atoms with E-state index in [-0.39, 0.29) is 51.4 Å². The van der Waals surface area contributed by atoms with E-state index in [0.717, 1.165) is 0 Å². The molecule has 0 aliphatic carbocycles. The van der Waals surface area contributed by atoms with Crippen molar-refractivity contribution in [3.63, 3.8) is 0 Å². The van der Waals surface area contributed by atoms with Crippen molar-refractivity contribution in [3.8, 4) is 0 Å². The van der Waals surface area contributed by atoms with Gasteiger partial charge in [0.1, 0.15) is 0 Å². The van der Waals surface area contributed by atoms with Crippen LogP contribution in [0.15, 0.2) is 0 Å². The summed E-state index contributed by atoms with van der Waals surface area (Å²) in [5.74, 6) is 0. The topological polar surface area (TPSA) is 66.3 Å². The quantitative estimate of drug-likeness (QED) is 0.323. The van der Waals surface area contributed by atoms with E-state index in [9.17, 15) is 0 Å². The molecular formula is H2IKO3. The molecule has 0 radical (unpaired) electrons. The minimum Gasteiger partial charge on any atom is -0.396 e. The molecule has 0 spiro atoms. The molecule has 0 amide bonds. The van der Waals surface area contributed by atoms with Crippen LogP contribution in [0.25, 0.3) is 0 Å². The minimum absolute atomic E-state index is 0. The summed E-state index contributed by atoms with van der Waals surface area (Å²) in [5, 5.41) is 0. The van der Waals surface area contributed by atoms with E-state index in [4.69, 9.17) is 10.3 Å². The molecule has 5 heavy (non-hydrogen) atoms. The van der Waals surface area contributed by atoms with E-state index >= 15 is 0 Å². The summed E-state index contributed by atoms with van der Waals surface area (Å²) < 4.78 is 24.5. The van der Waals surface area contributed by atoms with Crippen LogP contribution in [0.3, 0.4) is 0 Å². The summed E-state index contributed by atoms with van der Waals surface area (Å²) in [6.07, 6.45) is 0. The van der Waals surface area contributed by atoms with E-state index in [1.165, 1.54) is 0 Å². The average molecular weight is 216 g/mol. The molecular weight excluding hydrogens is 214 g/mol. The van der Waals surface area contributed by atoms with E-state index in [0.29, 0.717) is 0 Å². The van der Waals surface area contributed by atoms with Crippen LogP contribution in [-0.4, -0.2) is 54.8 Å². The van der Waals surface area contributed by atoms with Gasteiger partial charge in [0.15, 0.2) is 0 Å². The molecule has 0 heterocycles. The summed E-state index contributed by atoms with van der Waals surface area (Å²) in [7, 11) is 0. The molecule has 0 unspecified atom stereocenters. The molecule has 3 nitrogen and oxygen atoms in total. The second-order valence-electron chi connectivity index (χ2n) is 0.201. The summed E-state index contributed by atoms with van der Waals surface area (Å²) in [6.45, 7) is 0. The van der Waals surface area contributed by atoms with Gasteiger partial charge < -0.3 is 6.87 Å². The molecule has 5 heteroatoms. The Balaban J connectivity index is 0. The van der Waals surface area contributed by atoms with Crippen LogP contribution in [0.4, 0.5) is 0 Å². The van der Waals surface area contributed by atoms with Crippen molar-refractivity contribution in [1.82, 2.24) is 0 Å². The van der Waals surface area contributed by atoms with Crippen LogP contribution in [-0.2, 0) is 0 Å². The fourth-order valence-corrected chi connectivity index (χ4v) is 0. The van der Waals surface area contributed by atoms with Gasteiger partial charge in [-0.25, -0.2) is 0 Å². The van der Waals surface area contributed by atoms with Crippen LogP contribution in [0, 0.1) is 0 Å². The van der Waals surface area contributed by atoms with E-state index in [1.54, 1.807) is 0 Å². The maximum Gasteiger partial charge on any atom is 0.503 e. The number of hydrogen-bond acceptors (Lipinski definition) is 3. The standard InChI is InChI=1S/HIO3.K.H/c2-1(3)4;;/h2H;;. The Morgan fingerprint density at radius 3 is 1.40 bits per heavy atom. The Morgan fingerprint density at radius 2 is 1.40 bits per heavy atom. The van der Waals surface area contributed by atoms with Crippen LogP contribution < -0.4 is 27.9 Å². The molecule has 0 fully saturated rings. The third-order valence-electron chi connectivity index (χ3n) is 0. The predicted octanol–water partition coefficient (Wildman–Crippen LogP) is -6.58. The first-order valence-electron chi connectivity index (χ1n) is 0.478. The fourth-order valence-electron chi connectivity index (χ4n) is 0. The van der Waals surface area contributed by atoms with Gasteiger partial charge in [-0.15, -0.1) is 0 Å². The van der Waals surface area contributed by atoms with Crippen LogP contribution >= 0.6 is 0 Å². The fraction of sp³-hybridized carbons (Fsp3) is 0. The van der Waals surface area contributed by atoms with Crippen molar-refractivity contribution in [2.24, 2.45) is 0 Å². The van der Waals surface area contributed by atoms with E-state index < -0.39 is 21.1 Å². The molecule has 0 bridgehead atoms. The van der Waals surface area contributed by atoms with Crippen LogP contribution in [0.5, 0.6) is 0 Å². The molecule has 0 saturated carbocycles. The van der Waals surface area contributed by atoms with Gasteiger partial charge in [-0.05, 0) is 3.44 Å². The average Bonchev–Trinajstić information content (AvgIpc) is 0.811. The van der Waals surface area contributed by atoms with Gasteiger partial charge in [0.2, 0.25) is 0 Å². The summed E-state index contributed by atoms with van der Waals surface area (Å²) in [6, 6.07) is 0. The first-order valence-corrected chi connectivity index (χ1v) is 3.20. The molecule has 0 atom stereocenters. The minimum atomic E-state index is -3.76. The Kier molecular flexibility index (Phi) is 12.8. The zero-order chi connectivity index (χ0) is 3.58. The van der Waals surface area contributed by atoms with Crippen molar-refractivity contribution >= 4 is 51.4 Å². The van der Waals surface area contributed by atoms with E-state index in [1.807, 2.05) is 0 Å². The van der Waals surface area contributed by atoms with Crippen molar-refractivity contribution in [3.05, 3.63) is 0 Å². The smallest absolute Gasteiger partial charge is 0.396 e. The van der Waals surface area contributed by atoms with Gasteiger partial charge >= 0.3 is 72.4 Å². The van der Waals surface area contributed by atoms with Gasteiger partial charge in [-0.2, -0.15) is 0 Å². The second kappa shape index (κ2) is 6.25. The molecule has 0 rings (SSSR count). The monoisotopic (exact) mass is 216 g/mol. The second-order valence-corrected chi connectivity index (χ2v) is 1.35. The molecule has 0 saturated heterocycles. The Morgan fingerprint density at radius 1 is 1.40 bits per heavy atom. The maximum atomic E-state index is 8.68. The summed E-state index contributed by atoms with van der Waals surface area (Å²) >= 11 is -3.76. The molecule has 0 aliphatic rings. The first kappa shape index (κ1) is 10.3. The maximum absolute atomic E-state index is 8.68. The molecule has 0 aromatic heterocycles. The third kappa shape index (κ3) is 22.3. The van der Waals surface area contributed by atoms with Crippen LogP contribution in [0.2, 0.25) is 0 Å². The van der Waals surface area contributed by atoms with Gasteiger partial charge in [0.05, 0.1) is 0 Å². The first-order chi connectivity index (χ1) is 1.73. The number of rotatable bonds is 0. The van der Waals surface area contributed by atoms with Gasteiger partial charge in [0, 0.05) is 0 Å². The summed E-state index contributed by atoms with van der Waals surface area (Å²) in [4.78, 5) is 0. The normalized spacial score (nSPS) is 7.20. The third-order valence-corrected chi connectivity index (χ3v) is 0. The molecule has 0 aromatic rings. The zero-order valence-electron chi connectivity index (χ0n) is 1.64. The number of halogens is 1. The van der Waals surface area contributed by atoms with Gasteiger partial charge in [-0.3, -0.25) is 0 Å². The van der Waals surface area contributed by atoms with Crippen molar-refractivity contribution < 1.29 is 31.4 Å². The number of hydrogen-bond donors (Lipinski definition) is 1. The van der Waals surface area contributed by atoms with Crippen molar-refractivity contribution in [2.75, 3.05) is 0 Å². The van der Waals surface area contributed by atoms with Crippen molar-refractivity contribution in [2.45, 2.75) is 0 Å². The molecule has 1 N–H and O–H groups in total. The summed E-state index contributed by atoms with van der Waals surface area (Å²) in [5.41, 5.74) is 0. The van der Waals surface area contributed by atoms with Gasteiger partial charge in [-0.1, -0.05) is 0 Å². The van der Waals surface area contributed by atoms with Gasteiger partial charge in [0.25, 0.3) is 0 Å².